The third-order valence-electron chi connectivity index (χ3n) is 3.55. The lowest BCUT2D eigenvalue weighted by molar-refractivity contribution is 0.0524. The minimum Gasteiger partial charge on any atom is -0.491 e. The second-order valence-corrected chi connectivity index (χ2v) is 5.42. The second kappa shape index (κ2) is 8.82. The Morgan fingerprint density at radius 2 is 1.88 bits per heavy atom. The molecule has 0 saturated heterocycles. The van der Waals surface area contributed by atoms with Crippen LogP contribution in [0, 0.1) is 13.8 Å². The van der Waals surface area contributed by atoms with Crippen LogP contribution in [-0.4, -0.2) is 36.6 Å². The van der Waals surface area contributed by atoms with Gasteiger partial charge in [-0.3, -0.25) is 4.79 Å². The Morgan fingerprint density at radius 1 is 1.12 bits per heavy atom. The van der Waals surface area contributed by atoms with Crippen LogP contribution < -0.4 is 10.1 Å². The molecule has 132 valence electrons. The van der Waals surface area contributed by atoms with Crippen LogP contribution in [0.25, 0.3) is 0 Å². The van der Waals surface area contributed by atoms with Gasteiger partial charge in [0.25, 0.3) is 5.91 Å². The van der Waals surface area contributed by atoms with E-state index in [-0.39, 0.29) is 11.6 Å². The van der Waals surface area contributed by atoms with E-state index in [0.717, 1.165) is 11.3 Å². The molecule has 0 fully saturated rings. The molecule has 0 saturated carbocycles. The topological polar surface area (TPSA) is 77.5 Å². The summed E-state index contributed by atoms with van der Waals surface area (Å²) < 4.78 is 10.6. The number of hydrogen-bond acceptors (Lipinski definition) is 5. The summed E-state index contributed by atoms with van der Waals surface area (Å²) in [6.07, 6.45) is 0. The maximum Gasteiger partial charge on any atom is 0.339 e. The monoisotopic (exact) mass is 342 g/mol. The van der Waals surface area contributed by atoms with Crippen LogP contribution in [0.4, 0.5) is 0 Å². The number of aromatic nitrogens is 1. The molecule has 1 amide bonds. The Bertz CT molecular complexity index is 759. The first-order valence-corrected chi connectivity index (χ1v) is 8.14. The fourth-order valence-corrected chi connectivity index (χ4v) is 2.25. The highest BCUT2D eigenvalue weighted by Crippen LogP contribution is 2.15. The quantitative estimate of drug-likeness (QED) is 0.618. The highest BCUT2D eigenvalue weighted by molar-refractivity contribution is 5.95. The third kappa shape index (κ3) is 5.04. The summed E-state index contributed by atoms with van der Waals surface area (Å²) in [5, 5.41) is 2.75. The number of carbonyl (C=O) groups excluding carboxylic acids is 2. The Hall–Kier alpha value is -2.89. The SMILES string of the molecule is CCOC(=O)c1ccc(C(=O)NCCOc2ccccc2C)nc1C. The predicted molar refractivity (Wildman–Crippen MR) is 93.9 cm³/mol. The van der Waals surface area contributed by atoms with Crippen molar-refractivity contribution in [1.82, 2.24) is 10.3 Å². The van der Waals surface area contributed by atoms with E-state index >= 15 is 0 Å². The summed E-state index contributed by atoms with van der Waals surface area (Å²) in [6, 6.07) is 10.8. The van der Waals surface area contributed by atoms with E-state index in [2.05, 4.69) is 10.3 Å². The van der Waals surface area contributed by atoms with Crippen LogP contribution >= 0.6 is 0 Å². The van der Waals surface area contributed by atoms with Gasteiger partial charge in [-0.15, -0.1) is 0 Å². The summed E-state index contributed by atoms with van der Waals surface area (Å²) in [5.41, 5.74) is 2.12. The van der Waals surface area contributed by atoms with Crippen LogP contribution in [0.1, 0.15) is 39.0 Å². The summed E-state index contributed by atoms with van der Waals surface area (Å²) in [6.45, 7) is 6.38. The maximum atomic E-state index is 12.1. The average molecular weight is 342 g/mol. The molecule has 0 spiro atoms. The zero-order valence-corrected chi connectivity index (χ0v) is 14.7. The van der Waals surface area contributed by atoms with Crippen LogP contribution in [0.5, 0.6) is 5.75 Å². The van der Waals surface area contributed by atoms with E-state index in [1.54, 1.807) is 19.9 Å². The van der Waals surface area contributed by atoms with Gasteiger partial charge in [-0.2, -0.15) is 0 Å². The lowest BCUT2D eigenvalue weighted by Crippen LogP contribution is -2.29. The molecule has 1 aromatic heterocycles. The zero-order valence-electron chi connectivity index (χ0n) is 14.7. The molecule has 0 aliphatic carbocycles. The molecule has 25 heavy (non-hydrogen) atoms. The van der Waals surface area contributed by atoms with Gasteiger partial charge in [-0.25, -0.2) is 9.78 Å². The molecule has 0 unspecified atom stereocenters. The van der Waals surface area contributed by atoms with Gasteiger partial charge < -0.3 is 14.8 Å². The van der Waals surface area contributed by atoms with E-state index in [9.17, 15) is 9.59 Å². The number of hydrogen-bond donors (Lipinski definition) is 1. The molecule has 0 aliphatic rings. The number of rotatable bonds is 7. The van der Waals surface area contributed by atoms with E-state index in [4.69, 9.17) is 9.47 Å². The number of benzene rings is 1. The second-order valence-electron chi connectivity index (χ2n) is 5.42. The normalized spacial score (nSPS) is 10.2. The molecule has 1 aromatic carbocycles. The molecule has 0 bridgehead atoms. The van der Waals surface area contributed by atoms with Crippen molar-refractivity contribution in [3.05, 3.63) is 58.9 Å². The first kappa shape index (κ1) is 18.4. The van der Waals surface area contributed by atoms with Gasteiger partial charge in [-0.1, -0.05) is 18.2 Å². The molecule has 0 aliphatic heterocycles. The predicted octanol–water partition coefficient (Wildman–Crippen LogP) is 2.68. The number of aryl methyl sites for hydroxylation is 2. The number of nitrogens with zero attached hydrogens (tertiary/aromatic N) is 1. The van der Waals surface area contributed by atoms with Crippen molar-refractivity contribution in [2.75, 3.05) is 19.8 Å². The summed E-state index contributed by atoms with van der Waals surface area (Å²) >= 11 is 0. The van der Waals surface area contributed by atoms with Crippen molar-refractivity contribution in [3.63, 3.8) is 0 Å². The minimum absolute atomic E-state index is 0.251. The lowest BCUT2D eigenvalue weighted by Gasteiger charge is -2.10. The Morgan fingerprint density at radius 3 is 2.56 bits per heavy atom. The number of nitrogens with one attached hydrogen (secondary N) is 1. The van der Waals surface area contributed by atoms with Crippen molar-refractivity contribution in [2.45, 2.75) is 20.8 Å². The summed E-state index contributed by atoms with van der Waals surface area (Å²) in [4.78, 5) is 28.1. The van der Waals surface area contributed by atoms with Gasteiger partial charge in [0, 0.05) is 0 Å². The molecular weight excluding hydrogens is 320 g/mol. The number of amides is 1. The van der Waals surface area contributed by atoms with Crippen LogP contribution in [0.2, 0.25) is 0 Å². The van der Waals surface area contributed by atoms with Crippen LogP contribution in [0.3, 0.4) is 0 Å². The van der Waals surface area contributed by atoms with E-state index in [1.807, 2.05) is 31.2 Å². The van der Waals surface area contributed by atoms with Crippen molar-refractivity contribution >= 4 is 11.9 Å². The van der Waals surface area contributed by atoms with Gasteiger partial charge in [-0.05, 0) is 44.5 Å². The molecule has 0 atom stereocenters. The molecule has 2 rings (SSSR count). The zero-order chi connectivity index (χ0) is 18.2. The number of pyridine rings is 1. The molecular formula is C19H22N2O4. The highest BCUT2D eigenvalue weighted by atomic mass is 16.5. The Kier molecular flexibility index (Phi) is 6.51. The van der Waals surface area contributed by atoms with Crippen molar-refractivity contribution in [3.8, 4) is 5.75 Å². The van der Waals surface area contributed by atoms with Crippen molar-refractivity contribution in [1.29, 1.82) is 0 Å². The molecule has 6 nitrogen and oxygen atoms in total. The fourth-order valence-electron chi connectivity index (χ4n) is 2.25. The van der Waals surface area contributed by atoms with Gasteiger partial charge >= 0.3 is 5.97 Å². The largest absolute Gasteiger partial charge is 0.491 e. The van der Waals surface area contributed by atoms with Crippen molar-refractivity contribution in [2.24, 2.45) is 0 Å². The van der Waals surface area contributed by atoms with Gasteiger partial charge in [0.2, 0.25) is 0 Å². The number of para-hydroxylation sites is 1. The standard InChI is InChI=1S/C19H22N2O4/c1-4-24-19(23)15-9-10-16(21-14(15)3)18(22)20-11-12-25-17-8-6-5-7-13(17)2/h5-10H,4,11-12H2,1-3H3,(H,20,22). The Balaban J connectivity index is 1.87. The maximum absolute atomic E-state index is 12.1. The smallest absolute Gasteiger partial charge is 0.339 e. The van der Waals surface area contributed by atoms with E-state index in [1.165, 1.54) is 6.07 Å². The van der Waals surface area contributed by atoms with Crippen LogP contribution in [0.15, 0.2) is 36.4 Å². The third-order valence-corrected chi connectivity index (χ3v) is 3.55. The lowest BCUT2D eigenvalue weighted by atomic mass is 10.2. The van der Waals surface area contributed by atoms with Crippen LogP contribution in [-0.2, 0) is 4.74 Å². The molecule has 1 N–H and O–H groups in total. The molecule has 1 heterocycles. The molecule has 2 aromatic rings. The first-order valence-electron chi connectivity index (χ1n) is 8.14. The van der Waals surface area contributed by atoms with Gasteiger partial charge in [0.15, 0.2) is 0 Å². The van der Waals surface area contributed by atoms with E-state index in [0.29, 0.717) is 31.0 Å². The fraction of sp³-hybridized carbons (Fsp3) is 0.316. The summed E-state index contributed by atoms with van der Waals surface area (Å²) in [7, 11) is 0. The molecule has 0 radical (unpaired) electrons. The Labute approximate surface area is 147 Å². The van der Waals surface area contributed by atoms with Gasteiger partial charge in [0.1, 0.15) is 18.1 Å². The number of esters is 1. The molecule has 6 heteroatoms. The highest BCUT2D eigenvalue weighted by Gasteiger charge is 2.14. The van der Waals surface area contributed by atoms with E-state index < -0.39 is 5.97 Å². The average Bonchev–Trinajstić information content (AvgIpc) is 2.60. The van der Waals surface area contributed by atoms with Gasteiger partial charge in [0.05, 0.1) is 24.4 Å². The number of ether oxygens (including phenoxy) is 2. The first-order chi connectivity index (χ1) is 12.0. The minimum atomic E-state index is -0.439. The summed E-state index contributed by atoms with van der Waals surface area (Å²) in [5.74, 6) is 0.0440. The van der Waals surface area contributed by atoms with Crippen molar-refractivity contribution < 1.29 is 19.1 Å². The number of carbonyl (C=O) groups is 2.